The van der Waals surface area contributed by atoms with E-state index in [0.29, 0.717) is 11.4 Å². The molecule has 1 N–H and O–H groups in total. The van der Waals surface area contributed by atoms with Crippen molar-refractivity contribution in [3.05, 3.63) is 84.2 Å². The van der Waals surface area contributed by atoms with E-state index in [1.165, 1.54) is 13.2 Å². The van der Waals surface area contributed by atoms with E-state index in [4.69, 9.17) is 4.74 Å². The molecule has 4 aromatic rings. The van der Waals surface area contributed by atoms with Crippen molar-refractivity contribution in [2.75, 3.05) is 12.4 Å². The number of halogens is 2. The smallest absolute Gasteiger partial charge is 0.255 e. The van der Waals surface area contributed by atoms with Crippen LogP contribution in [0.15, 0.2) is 67.0 Å². The van der Waals surface area contributed by atoms with Gasteiger partial charge in [0.1, 0.15) is 11.4 Å². The van der Waals surface area contributed by atoms with Crippen LogP contribution in [0.3, 0.4) is 0 Å². The molecular weight excluding hydrogens is 364 g/mol. The lowest BCUT2D eigenvalue weighted by molar-refractivity contribution is 0.102. The summed E-state index contributed by atoms with van der Waals surface area (Å²) in [6, 6.07) is 13.9. The maximum Gasteiger partial charge on any atom is 0.255 e. The molecule has 1 amide bonds. The fourth-order valence-electron chi connectivity index (χ4n) is 2.87. The van der Waals surface area contributed by atoms with Crippen LogP contribution in [0, 0.1) is 11.6 Å². The predicted molar refractivity (Wildman–Crippen MR) is 101 cm³/mol. The number of anilines is 1. The predicted octanol–water partition coefficient (Wildman–Crippen LogP) is 4.54. The Morgan fingerprint density at radius 3 is 2.68 bits per heavy atom. The van der Waals surface area contributed by atoms with Crippen LogP contribution in [-0.2, 0) is 0 Å². The highest BCUT2D eigenvalue weighted by Crippen LogP contribution is 2.31. The topological polar surface area (TPSA) is 55.6 Å². The first-order chi connectivity index (χ1) is 13.5. The lowest BCUT2D eigenvalue weighted by Crippen LogP contribution is -2.13. The standard InChI is InChI=1S/C21H15F2N3O2/c1-28-19-8-6-13(18-12-26-9-3-2-4-20(26)24-18)11-17(19)25-21(27)14-5-7-15(22)16(23)10-14/h2-12H,1H3,(H,25,27). The second-order valence-corrected chi connectivity index (χ2v) is 6.09. The van der Waals surface area contributed by atoms with Gasteiger partial charge in [-0.25, -0.2) is 13.8 Å². The Kier molecular flexibility index (Phi) is 4.49. The van der Waals surface area contributed by atoms with Crippen LogP contribution in [0.4, 0.5) is 14.5 Å². The fraction of sp³-hybridized carbons (Fsp3) is 0.0476. The number of nitrogens with one attached hydrogen (secondary N) is 1. The van der Waals surface area contributed by atoms with Gasteiger partial charge < -0.3 is 14.5 Å². The molecule has 5 nitrogen and oxygen atoms in total. The molecule has 7 heteroatoms. The van der Waals surface area contributed by atoms with Crippen molar-refractivity contribution in [3.63, 3.8) is 0 Å². The molecule has 0 radical (unpaired) electrons. The maximum atomic E-state index is 13.4. The first kappa shape index (κ1) is 17.7. The molecule has 0 aliphatic heterocycles. The molecule has 0 saturated heterocycles. The van der Waals surface area contributed by atoms with Gasteiger partial charge in [0.05, 0.1) is 18.5 Å². The minimum Gasteiger partial charge on any atom is -0.495 e. The van der Waals surface area contributed by atoms with Crippen molar-refractivity contribution in [2.24, 2.45) is 0 Å². The van der Waals surface area contributed by atoms with Crippen molar-refractivity contribution < 1.29 is 18.3 Å². The monoisotopic (exact) mass is 379 g/mol. The van der Waals surface area contributed by atoms with E-state index in [2.05, 4.69) is 10.3 Å². The maximum absolute atomic E-state index is 13.4. The van der Waals surface area contributed by atoms with Gasteiger partial charge in [-0.15, -0.1) is 0 Å². The number of hydrogen-bond donors (Lipinski definition) is 1. The van der Waals surface area contributed by atoms with Crippen LogP contribution < -0.4 is 10.1 Å². The average Bonchev–Trinajstić information content (AvgIpc) is 3.14. The fourth-order valence-corrected chi connectivity index (χ4v) is 2.87. The van der Waals surface area contributed by atoms with Crippen molar-refractivity contribution in [2.45, 2.75) is 0 Å². The molecule has 28 heavy (non-hydrogen) atoms. The van der Waals surface area contributed by atoms with Gasteiger partial charge in [0.25, 0.3) is 5.91 Å². The van der Waals surface area contributed by atoms with Crippen LogP contribution in [-0.4, -0.2) is 22.4 Å². The zero-order valence-electron chi connectivity index (χ0n) is 14.8. The molecule has 0 fully saturated rings. The van der Waals surface area contributed by atoms with E-state index >= 15 is 0 Å². The highest BCUT2D eigenvalue weighted by Gasteiger charge is 2.14. The molecule has 0 saturated carbocycles. The summed E-state index contributed by atoms with van der Waals surface area (Å²) in [7, 11) is 1.48. The molecule has 140 valence electrons. The first-order valence-electron chi connectivity index (χ1n) is 8.44. The number of imidazole rings is 1. The second kappa shape index (κ2) is 7.11. The minimum absolute atomic E-state index is 0.000846. The summed E-state index contributed by atoms with van der Waals surface area (Å²) in [6.45, 7) is 0. The number of carbonyl (C=O) groups excluding carboxylic acids is 1. The molecule has 0 spiro atoms. The number of hydrogen-bond acceptors (Lipinski definition) is 3. The molecule has 2 aromatic heterocycles. The van der Waals surface area contributed by atoms with E-state index in [1.807, 2.05) is 41.1 Å². The van der Waals surface area contributed by atoms with Crippen molar-refractivity contribution in [1.29, 1.82) is 0 Å². The van der Waals surface area contributed by atoms with Crippen LogP contribution in [0.1, 0.15) is 10.4 Å². The summed E-state index contributed by atoms with van der Waals surface area (Å²) in [4.78, 5) is 17.0. The summed E-state index contributed by atoms with van der Waals surface area (Å²) in [6.07, 6.45) is 3.76. The Labute approximate surface area is 159 Å². The van der Waals surface area contributed by atoms with Crippen LogP contribution in [0.25, 0.3) is 16.9 Å². The second-order valence-electron chi connectivity index (χ2n) is 6.09. The highest BCUT2D eigenvalue weighted by atomic mass is 19.2. The number of fused-ring (bicyclic) bond motifs is 1. The molecule has 2 heterocycles. The van der Waals surface area contributed by atoms with Crippen LogP contribution in [0.2, 0.25) is 0 Å². The molecule has 2 aromatic carbocycles. The number of ether oxygens (including phenoxy) is 1. The highest BCUT2D eigenvalue weighted by molar-refractivity contribution is 6.05. The summed E-state index contributed by atoms with van der Waals surface area (Å²) < 4.78 is 33.7. The summed E-state index contributed by atoms with van der Waals surface area (Å²) in [5.41, 5.74) is 2.67. The zero-order valence-corrected chi connectivity index (χ0v) is 14.8. The van der Waals surface area contributed by atoms with Crippen molar-refractivity contribution >= 4 is 17.2 Å². The van der Waals surface area contributed by atoms with Crippen LogP contribution >= 0.6 is 0 Å². The van der Waals surface area contributed by atoms with Gasteiger partial charge in [0.2, 0.25) is 0 Å². The number of amides is 1. The molecular formula is C21H15F2N3O2. The first-order valence-corrected chi connectivity index (χ1v) is 8.44. The molecule has 4 rings (SSSR count). The number of pyridine rings is 1. The number of nitrogens with zero attached hydrogens (tertiary/aromatic N) is 2. The van der Waals surface area contributed by atoms with E-state index in [1.54, 1.807) is 12.1 Å². The van der Waals surface area contributed by atoms with Crippen molar-refractivity contribution in [1.82, 2.24) is 9.38 Å². The number of methoxy groups -OCH3 is 1. The third kappa shape index (κ3) is 3.29. The van der Waals surface area contributed by atoms with Gasteiger partial charge in [0, 0.05) is 23.5 Å². The van der Waals surface area contributed by atoms with Gasteiger partial charge in [-0.1, -0.05) is 6.07 Å². The van der Waals surface area contributed by atoms with Gasteiger partial charge in [-0.2, -0.15) is 0 Å². The molecule has 0 unspecified atom stereocenters. The van der Waals surface area contributed by atoms with Gasteiger partial charge in [0.15, 0.2) is 11.6 Å². The zero-order chi connectivity index (χ0) is 19.7. The Balaban J connectivity index is 1.68. The number of benzene rings is 2. The average molecular weight is 379 g/mol. The number of aromatic nitrogens is 2. The largest absolute Gasteiger partial charge is 0.495 e. The quantitative estimate of drug-likeness (QED) is 0.566. The molecule has 0 aliphatic rings. The van der Waals surface area contributed by atoms with E-state index in [9.17, 15) is 13.6 Å². The van der Waals surface area contributed by atoms with Gasteiger partial charge in [-0.3, -0.25) is 4.79 Å². The third-order valence-electron chi connectivity index (χ3n) is 4.29. The van der Waals surface area contributed by atoms with Crippen LogP contribution in [0.5, 0.6) is 5.75 Å². The van der Waals surface area contributed by atoms with E-state index in [-0.39, 0.29) is 5.56 Å². The Bertz CT molecular complexity index is 1150. The number of rotatable bonds is 4. The lowest BCUT2D eigenvalue weighted by Gasteiger charge is -2.12. The molecule has 0 atom stereocenters. The summed E-state index contributed by atoms with van der Waals surface area (Å²) >= 11 is 0. The lowest BCUT2D eigenvalue weighted by atomic mass is 10.1. The van der Waals surface area contributed by atoms with E-state index in [0.717, 1.165) is 29.0 Å². The number of carbonyl (C=O) groups is 1. The third-order valence-corrected chi connectivity index (χ3v) is 4.29. The van der Waals surface area contributed by atoms with E-state index < -0.39 is 17.5 Å². The summed E-state index contributed by atoms with van der Waals surface area (Å²) in [5, 5.41) is 2.68. The Morgan fingerprint density at radius 1 is 1.07 bits per heavy atom. The van der Waals surface area contributed by atoms with Crippen molar-refractivity contribution in [3.8, 4) is 17.0 Å². The van der Waals surface area contributed by atoms with Gasteiger partial charge >= 0.3 is 0 Å². The molecule has 0 aliphatic carbocycles. The Hall–Kier alpha value is -3.74. The molecule has 0 bridgehead atoms. The summed E-state index contributed by atoms with van der Waals surface area (Å²) in [5.74, 6) is -2.24. The SMILES string of the molecule is COc1ccc(-c2cn3ccccc3n2)cc1NC(=O)c1ccc(F)c(F)c1. The Morgan fingerprint density at radius 2 is 1.93 bits per heavy atom. The minimum atomic E-state index is -1.09. The normalized spacial score (nSPS) is 10.8. The van der Waals surface area contributed by atoms with Gasteiger partial charge in [-0.05, 0) is 48.5 Å².